The Bertz CT molecular complexity index is 341. The summed E-state index contributed by atoms with van der Waals surface area (Å²) in [5.74, 6) is 0. The van der Waals surface area contributed by atoms with E-state index in [0.29, 0.717) is 6.42 Å². The molecule has 0 saturated heterocycles. The van der Waals surface area contributed by atoms with Crippen LogP contribution in [0.25, 0.3) is 0 Å². The van der Waals surface area contributed by atoms with Gasteiger partial charge in [-0.1, -0.05) is 55.8 Å². The normalized spacial score (nSPS) is 16.1. The smallest absolute Gasteiger partial charge is 0.0942 e. The zero-order valence-electron chi connectivity index (χ0n) is 9.84. The summed E-state index contributed by atoms with van der Waals surface area (Å²) in [7, 11) is 0. The van der Waals surface area contributed by atoms with E-state index in [1.807, 2.05) is 31.2 Å². The molecule has 1 nitrogen and oxygen atoms in total. The molecule has 0 bridgehead atoms. The minimum Gasteiger partial charge on any atom is -0.385 e. The second kappa shape index (κ2) is 4.26. The first kappa shape index (κ1) is 12.7. The second-order valence-corrected chi connectivity index (χ2v) is 5.89. The summed E-state index contributed by atoms with van der Waals surface area (Å²) in [6.07, 6.45) is 0.715. The topological polar surface area (TPSA) is 20.2 Å². The molecule has 1 rings (SSSR count). The minimum absolute atomic E-state index is 0.164. The zero-order chi connectivity index (χ0) is 11.7. The minimum atomic E-state index is -0.767. The molecular formula is C13H19BrO. The molecule has 0 aliphatic rings. The lowest BCUT2D eigenvalue weighted by molar-refractivity contribution is -0.0674. The Hall–Kier alpha value is -0.340. The van der Waals surface area contributed by atoms with Gasteiger partial charge >= 0.3 is 0 Å². The Morgan fingerprint density at radius 3 is 2.27 bits per heavy atom. The number of rotatable bonds is 2. The molecule has 0 aromatic heterocycles. The number of benzene rings is 1. The van der Waals surface area contributed by atoms with E-state index in [-0.39, 0.29) is 5.41 Å². The van der Waals surface area contributed by atoms with E-state index >= 15 is 0 Å². The fraction of sp³-hybridized carbons (Fsp3) is 0.538. The van der Waals surface area contributed by atoms with Gasteiger partial charge in [0.15, 0.2) is 0 Å². The van der Waals surface area contributed by atoms with E-state index < -0.39 is 5.60 Å². The van der Waals surface area contributed by atoms with Crippen molar-refractivity contribution in [1.29, 1.82) is 0 Å². The predicted octanol–water partition coefficient (Wildman–Crippen LogP) is 4.09. The van der Waals surface area contributed by atoms with Crippen LogP contribution in [0.4, 0.5) is 0 Å². The van der Waals surface area contributed by atoms with Crippen LogP contribution in [0.15, 0.2) is 28.7 Å². The molecule has 1 aromatic rings. The molecule has 0 amide bonds. The molecule has 1 atom stereocenters. The average molecular weight is 271 g/mol. The van der Waals surface area contributed by atoms with E-state index in [9.17, 15) is 5.11 Å². The Balaban J connectivity index is 3.23. The van der Waals surface area contributed by atoms with Crippen molar-refractivity contribution in [2.45, 2.75) is 39.7 Å². The van der Waals surface area contributed by atoms with Crippen molar-refractivity contribution >= 4 is 15.9 Å². The van der Waals surface area contributed by atoms with E-state index in [2.05, 4.69) is 36.7 Å². The monoisotopic (exact) mass is 270 g/mol. The summed E-state index contributed by atoms with van der Waals surface area (Å²) in [5.41, 5.74) is 0.0474. The molecule has 0 saturated carbocycles. The van der Waals surface area contributed by atoms with Gasteiger partial charge in [0.2, 0.25) is 0 Å². The van der Waals surface area contributed by atoms with Gasteiger partial charge in [0.1, 0.15) is 0 Å². The fourth-order valence-corrected chi connectivity index (χ4v) is 2.31. The third-order valence-electron chi connectivity index (χ3n) is 3.05. The summed E-state index contributed by atoms with van der Waals surface area (Å²) in [5, 5.41) is 10.7. The van der Waals surface area contributed by atoms with E-state index in [1.54, 1.807) is 0 Å². The molecule has 1 unspecified atom stereocenters. The van der Waals surface area contributed by atoms with Crippen molar-refractivity contribution in [3.8, 4) is 0 Å². The molecule has 0 spiro atoms. The van der Waals surface area contributed by atoms with Gasteiger partial charge in [0, 0.05) is 4.47 Å². The van der Waals surface area contributed by atoms with Crippen LogP contribution in [-0.2, 0) is 5.60 Å². The summed E-state index contributed by atoms with van der Waals surface area (Å²) in [6.45, 7) is 8.22. The molecule has 0 heterocycles. The quantitative estimate of drug-likeness (QED) is 0.858. The highest BCUT2D eigenvalue weighted by Gasteiger charge is 2.39. The van der Waals surface area contributed by atoms with Crippen LogP contribution in [-0.4, -0.2) is 5.11 Å². The maximum absolute atomic E-state index is 10.7. The second-order valence-electron chi connectivity index (χ2n) is 4.97. The molecule has 2 heteroatoms. The lowest BCUT2D eigenvalue weighted by Gasteiger charge is -2.40. The molecule has 1 aromatic carbocycles. The number of hydrogen-bond acceptors (Lipinski definition) is 1. The molecule has 0 fully saturated rings. The first-order valence-corrected chi connectivity index (χ1v) is 6.09. The van der Waals surface area contributed by atoms with Crippen LogP contribution >= 0.6 is 15.9 Å². The van der Waals surface area contributed by atoms with Gasteiger partial charge in [-0.2, -0.15) is 0 Å². The maximum Gasteiger partial charge on any atom is 0.0942 e. The summed E-state index contributed by atoms with van der Waals surface area (Å²) < 4.78 is 1.01. The molecular weight excluding hydrogens is 252 g/mol. The highest BCUT2D eigenvalue weighted by molar-refractivity contribution is 9.10. The third kappa shape index (κ3) is 2.43. The van der Waals surface area contributed by atoms with E-state index in [0.717, 1.165) is 10.0 Å². The molecule has 0 radical (unpaired) electrons. The zero-order valence-corrected chi connectivity index (χ0v) is 11.4. The third-order valence-corrected chi connectivity index (χ3v) is 3.55. The molecule has 15 heavy (non-hydrogen) atoms. The predicted molar refractivity (Wildman–Crippen MR) is 67.8 cm³/mol. The van der Waals surface area contributed by atoms with Crippen molar-refractivity contribution in [2.24, 2.45) is 5.41 Å². The van der Waals surface area contributed by atoms with Crippen LogP contribution < -0.4 is 0 Å². The first-order valence-electron chi connectivity index (χ1n) is 5.29. The number of aliphatic hydroxyl groups is 1. The van der Waals surface area contributed by atoms with Crippen molar-refractivity contribution in [3.05, 3.63) is 34.3 Å². The van der Waals surface area contributed by atoms with Crippen LogP contribution in [0.5, 0.6) is 0 Å². The van der Waals surface area contributed by atoms with Crippen LogP contribution in [0, 0.1) is 5.41 Å². The Morgan fingerprint density at radius 2 is 1.87 bits per heavy atom. The SMILES string of the molecule is CCC(O)(c1cccc(Br)c1)C(C)(C)C. The van der Waals surface area contributed by atoms with E-state index in [4.69, 9.17) is 0 Å². The van der Waals surface area contributed by atoms with Gasteiger partial charge in [-0.3, -0.25) is 0 Å². The molecule has 1 N–H and O–H groups in total. The highest BCUT2D eigenvalue weighted by atomic mass is 79.9. The molecule has 0 aliphatic carbocycles. The van der Waals surface area contributed by atoms with Crippen molar-refractivity contribution in [3.63, 3.8) is 0 Å². The Morgan fingerprint density at radius 1 is 1.27 bits per heavy atom. The highest BCUT2D eigenvalue weighted by Crippen LogP contribution is 2.42. The number of halogens is 1. The van der Waals surface area contributed by atoms with Crippen molar-refractivity contribution in [1.82, 2.24) is 0 Å². The maximum atomic E-state index is 10.7. The van der Waals surface area contributed by atoms with Gasteiger partial charge in [0.25, 0.3) is 0 Å². The standard InChI is InChI=1S/C13H19BrO/c1-5-13(15,12(2,3)4)10-7-6-8-11(14)9-10/h6-9,15H,5H2,1-4H3. The van der Waals surface area contributed by atoms with Crippen LogP contribution in [0.2, 0.25) is 0 Å². The Labute approximate surface area is 101 Å². The first-order chi connectivity index (χ1) is 6.81. The van der Waals surface area contributed by atoms with Crippen LogP contribution in [0.3, 0.4) is 0 Å². The lowest BCUT2D eigenvalue weighted by atomic mass is 9.71. The fourth-order valence-electron chi connectivity index (χ4n) is 1.91. The largest absolute Gasteiger partial charge is 0.385 e. The van der Waals surface area contributed by atoms with Gasteiger partial charge in [-0.25, -0.2) is 0 Å². The molecule has 84 valence electrons. The summed E-state index contributed by atoms with van der Waals surface area (Å²) >= 11 is 3.44. The molecule has 0 aliphatic heterocycles. The van der Waals surface area contributed by atoms with Crippen molar-refractivity contribution < 1.29 is 5.11 Å². The van der Waals surface area contributed by atoms with Gasteiger partial charge in [-0.05, 0) is 29.5 Å². The number of hydrogen-bond donors (Lipinski definition) is 1. The average Bonchev–Trinajstić information content (AvgIpc) is 2.14. The van der Waals surface area contributed by atoms with Crippen LogP contribution in [0.1, 0.15) is 39.7 Å². The van der Waals surface area contributed by atoms with Gasteiger partial charge < -0.3 is 5.11 Å². The van der Waals surface area contributed by atoms with Crippen molar-refractivity contribution in [2.75, 3.05) is 0 Å². The summed E-state index contributed by atoms with van der Waals surface area (Å²) in [6, 6.07) is 7.92. The van der Waals surface area contributed by atoms with Gasteiger partial charge in [-0.15, -0.1) is 0 Å². The van der Waals surface area contributed by atoms with Gasteiger partial charge in [0.05, 0.1) is 5.60 Å². The van der Waals surface area contributed by atoms with E-state index in [1.165, 1.54) is 0 Å². The lowest BCUT2D eigenvalue weighted by Crippen LogP contribution is -2.39. The summed E-state index contributed by atoms with van der Waals surface area (Å²) in [4.78, 5) is 0. The Kier molecular flexibility index (Phi) is 3.62.